The summed E-state index contributed by atoms with van der Waals surface area (Å²) in [7, 11) is 0. The van der Waals surface area contributed by atoms with Crippen molar-refractivity contribution in [2.75, 3.05) is 26.2 Å². The molecule has 3 heterocycles. The van der Waals surface area contributed by atoms with Crippen LogP contribution in [0.15, 0.2) is 29.6 Å². The number of halogens is 1. The van der Waals surface area contributed by atoms with Crippen LogP contribution in [0.3, 0.4) is 0 Å². The van der Waals surface area contributed by atoms with Crippen LogP contribution in [0.5, 0.6) is 0 Å². The summed E-state index contributed by atoms with van der Waals surface area (Å²) < 4.78 is 0. The lowest BCUT2D eigenvalue weighted by Gasteiger charge is -2.33. The molecule has 0 atom stereocenters. The van der Waals surface area contributed by atoms with Crippen LogP contribution in [0.2, 0.25) is 5.02 Å². The molecule has 29 heavy (non-hydrogen) atoms. The second-order valence-electron chi connectivity index (χ2n) is 7.85. The molecule has 0 bridgehead atoms. The zero-order valence-electron chi connectivity index (χ0n) is 16.5. The van der Waals surface area contributed by atoms with E-state index in [1.54, 1.807) is 0 Å². The number of nitrogens with zero attached hydrogens (tertiary/aromatic N) is 3. The van der Waals surface area contributed by atoms with E-state index in [-0.39, 0.29) is 17.7 Å². The van der Waals surface area contributed by atoms with Crippen LogP contribution in [0.4, 0.5) is 0 Å². The van der Waals surface area contributed by atoms with E-state index < -0.39 is 0 Å². The molecule has 2 fully saturated rings. The molecule has 1 aromatic carbocycles. The Hall–Kier alpha value is -1.92. The smallest absolute Gasteiger partial charge is 0.273 e. The van der Waals surface area contributed by atoms with Gasteiger partial charge in [0.05, 0.1) is 0 Å². The van der Waals surface area contributed by atoms with Crippen molar-refractivity contribution in [2.45, 2.75) is 38.5 Å². The summed E-state index contributed by atoms with van der Waals surface area (Å²) >= 11 is 7.41. The van der Waals surface area contributed by atoms with Crippen LogP contribution in [0, 0.1) is 5.92 Å². The quantitative estimate of drug-likeness (QED) is 0.706. The van der Waals surface area contributed by atoms with Gasteiger partial charge >= 0.3 is 0 Å². The lowest BCUT2D eigenvalue weighted by Crippen LogP contribution is -2.44. The molecule has 2 saturated heterocycles. The van der Waals surface area contributed by atoms with Gasteiger partial charge in [-0.3, -0.25) is 9.59 Å². The summed E-state index contributed by atoms with van der Waals surface area (Å²) in [5.74, 6) is 0.303. The highest BCUT2D eigenvalue weighted by Crippen LogP contribution is 2.27. The number of likely N-dealkylation sites (tertiary alicyclic amines) is 2. The Bertz CT molecular complexity index is 851. The molecule has 4 rings (SSSR count). The molecule has 154 valence electrons. The first kappa shape index (κ1) is 20.4. The fourth-order valence-electron chi connectivity index (χ4n) is 4.14. The number of hydrogen-bond acceptors (Lipinski definition) is 4. The van der Waals surface area contributed by atoms with Crippen molar-refractivity contribution in [1.29, 1.82) is 0 Å². The van der Waals surface area contributed by atoms with Gasteiger partial charge in [-0.2, -0.15) is 0 Å². The van der Waals surface area contributed by atoms with Crippen LogP contribution < -0.4 is 0 Å². The highest BCUT2D eigenvalue weighted by molar-refractivity contribution is 7.13. The molecule has 0 radical (unpaired) electrons. The van der Waals surface area contributed by atoms with Crippen molar-refractivity contribution in [3.05, 3.63) is 40.4 Å². The molecule has 0 N–H and O–H groups in total. The maximum absolute atomic E-state index is 12.9. The maximum Gasteiger partial charge on any atom is 0.273 e. The van der Waals surface area contributed by atoms with E-state index in [9.17, 15) is 9.59 Å². The molecule has 5 nitrogen and oxygen atoms in total. The number of thiazole rings is 1. The summed E-state index contributed by atoms with van der Waals surface area (Å²) in [6.45, 7) is 3.03. The number of hydrogen-bond donors (Lipinski definition) is 0. The molecule has 0 saturated carbocycles. The Kier molecular flexibility index (Phi) is 6.50. The van der Waals surface area contributed by atoms with Crippen LogP contribution in [0.1, 0.15) is 49.0 Å². The molecule has 0 spiro atoms. The summed E-state index contributed by atoms with van der Waals surface area (Å²) in [5.41, 5.74) is 1.44. The number of carbonyl (C=O) groups is 2. The van der Waals surface area contributed by atoms with Crippen molar-refractivity contribution in [3.63, 3.8) is 0 Å². The average Bonchev–Trinajstić information content (AvgIpc) is 3.08. The first-order valence-electron chi connectivity index (χ1n) is 10.4. The fourth-order valence-corrected chi connectivity index (χ4v) is 5.06. The van der Waals surface area contributed by atoms with Gasteiger partial charge in [-0.05, 0) is 37.8 Å². The Balaban J connectivity index is 1.34. The molecular weight excluding hydrogens is 406 g/mol. The fraction of sp³-hybridized carbons (Fsp3) is 0.500. The lowest BCUT2D eigenvalue weighted by molar-refractivity contribution is -0.136. The number of amides is 2. The van der Waals surface area contributed by atoms with Crippen molar-refractivity contribution >= 4 is 34.8 Å². The van der Waals surface area contributed by atoms with Gasteiger partial charge in [-0.1, -0.05) is 36.6 Å². The largest absolute Gasteiger partial charge is 0.342 e. The van der Waals surface area contributed by atoms with Crippen molar-refractivity contribution in [3.8, 4) is 10.6 Å². The topological polar surface area (TPSA) is 53.5 Å². The van der Waals surface area contributed by atoms with E-state index in [1.165, 1.54) is 24.2 Å². The first-order valence-corrected chi connectivity index (χ1v) is 11.7. The van der Waals surface area contributed by atoms with Crippen molar-refractivity contribution in [2.24, 2.45) is 5.92 Å². The summed E-state index contributed by atoms with van der Waals surface area (Å²) in [6.07, 6.45) is 6.17. The molecule has 1 aromatic heterocycles. The number of benzene rings is 1. The van der Waals surface area contributed by atoms with Crippen LogP contribution in [0.25, 0.3) is 10.6 Å². The van der Waals surface area contributed by atoms with E-state index in [1.807, 2.05) is 39.4 Å². The third-order valence-electron chi connectivity index (χ3n) is 5.86. The predicted molar refractivity (Wildman–Crippen MR) is 116 cm³/mol. The van der Waals surface area contributed by atoms with E-state index in [4.69, 9.17) is 11.6 Å². The van der Waals surface area contributed by atoms with Crippen LogP contribution >= 0.6 is 22.9 Å². The Morgan fingerprint density at radius 1 is 0.931 bits per heavy atom. The van der Waals surface area contributed by atoms with E-state index in [2.05, 4.69) is 4.98 Å². The molecule has 2 amide bonds. The van der Waals surface area contributed by atoms with Crippen LogP contribution in [-0.4, -0.2) is 52.8 Å². The third-order valence-corrected chi connectivity index (χ3v) is 7.01. The van der Waals surface area contributed by atoms with Gasteiger partial charge in [-0.25, -0.2) is 4.98 Å². The van der Waals surface area contributed by atoms with E-state index in [0.29, 0.717) is 23.8 Å². The molecule has 7 heteroatoms. The number of carbonyl (C=O) groups excluding carboxylic acids is 2. The molecule has 2 aliphatic heterocycles. The van der Waals surface area contributed by atoms with Gasteiger partial charge in [-0.15, -0.1) is 11.3 Å². The van der Waals surface area contributed by atoms with E-state index in [0.717, 1.165) is 49.3 Å². The third kappa shape index (κ3) is 4.81. The Labute approximate surface area is 180 Å². The van der Waals surface area contributed by atoms with Crippen LogP contribution in [-0.2, 0) is 4.79 Å². The zero-order valence-corrected chi connectivity index (χ0v) is 18.1. The SMILES string of the molecule is O=C(c1csc(-c2ccc(Cl)cc2)n1)N1CCC(C(=O)N2CCCCCC2)CC1. The monoisotopic (exact) mass is 431 g/mol. The molecule has 0 aliphatic carbocycles. The van der Waals surface area contributed by atoms with E-state index >= 15 is 0 Å². The standard InChI is InChI=1S/C22H26ClN3O2S/c23-18-7-5-16(6-8-18)20-24-19(15-29-20)22(28)26-13-9-17(10-14-26)21(27)25-11-3-1-2-4-12-25/h5-8,15,17H,1-4,9-14H2. The second kappa shape index (κ2) is 9.26. The zero-order chi connectivity index (χ0) is 20.2. The molecule has 2 aliphatic rings. The highest BCUT2D eigenvalue weighted by Gasteiger charge is 2.31. The normalized spacial score (nSPS) is 18.5. The minimum atomic E-state index is -0.0397. The number of aromatic nitrogens is 1. The molecule has 2 aromatic rings. The minimum Gasteiger partial charge on any atom is -0.342 e. The summed E-state index contributed by atoms with van der Waals surface area (Å²) in [4.78, 5) is 34.1. The van der Waals surface area contributed by atoms with Gasteiger partial charge in [0.15, 0.2) is 0 Å². The van der Waals surface area contributed by atoms with Crippen molar-refractivity contribution in [1.82, 2.24) is 14.8 Å². The summed E-state index contributed by atoms with van der Waals surface area (Å²) in [6, 6.07) is 7.47. The van der Waals surface area contributed by atoms with Gasteiger partial charge in [0, 0.05) is 48.1 Å². The average molecular weight is 432 g/mol. The lowest BCUT2D eigenvalue weighted by atomic mass is 9.95. The predicted octanol–water partition coefficient (Wildman–Crippen LogP) is 4.72. The Morgan fingerprint density at radius 2 is 1.59 bits per heavy atom. The molecular formula is C22H26ClN3O2S. The first-order chi connectivity index (χ1) is 14.1. The highest BCUT2D eigenvalue weighted by atomic mass is 35.5. The number of piperidine rings is 1. The van der Waals surface area contributed by atoms with Gasteiger partial charge in [0.25, 0.3) is 5.91 Å². The Morgan fingerprint density at radius 3 is 2.24 bits per heavy atom. The molecule has 0 unspecified atom stereocenters. The van der Waals surface area contributed by atoms with Gasteiger partial charge < -0.3 is 9.80 Å². The van der Waals surface area contributed by atoms with Gasteiger partial charge in [0.2, 0.25) is 5.91 Å². The van der Waals surface area contributed by atoms with Crippen molar-refractivity contribution < 1.29 is 9.59 Å². The summed E-state index contributed by atoms with van der Waals surface area (Å²) in [5, 5.41) is 3.32. The number of rotatable bonds is 3. The minimum absolute atomic E-state index is 0.0397. The van der Waals surface area contributed by atoms with Gasteiger partial charge in [0.1, 0.15) is 10.7 Å². The second-order valence-corrected chi connectivity index (χ2v) is 9.15. The maximum atomic E-state index is 12.9.